The quantitative estimate of drug-likeness (QED) is 0.757. The summed E-state index contributed by atoms with van der Waals surface area (Å²) < 4.78 is 0. The van der Waals surface area contributed by atoms with Crippen molar-refractivity contribution in [3.63, 3.8) is 0 Å². The van der Waals surface area contributed by atoms with Gasteiger partial charge in [-0.25, -0.2) is 9.97 Å². The third kappa shape index (κ3) is 5.54. The van der Waals surface area contributed by atoms with Crippen LogP contribution in [0.3, 0.4) is 0 Å². The lowest BCUT2D eigenvalue weighted by Crippen LogP contribution is -2.33. The molecule has 0 atom stereocenters. The molecule has 26 heavy (non-hydrogen) atoms. The van der Waals surface area contributed by atoms with E-state index in [9.17, 15) is 9.59 Å². The van der Waals surface area contributed by atoms with Crippen LogP contribution in [0.25, 0.3) is 0 Å². The van der Waals surface area contributed by atoms with Gasteiger partial charge < -0.3 is 15.5 Å². The zero-order chi connectivity index (χ0) is 18.9. The maximum absolute atomic E-state index is 12.6. The van der Waals surface area contributed by atoms with Crippen LogP contribution in [0.2, 0.25) is 0 Å². The van der Waals surface area contributed by atoms with Crippen LogP contribution in [0.15, 0.2) is 36.5 Å². The first kappa shape index (κ1) is 19.4. The Morgan fingerprint density at radius 2 is 1.62 bits per heavy atom. The van der Waals surface area contributed by atoms with Crippen LogP contribution < -0.4 is 10.6 Å². The zero-order valence-corrected chi connectivity index (χ0v) is 15.5. The Labute approximate surface area is 153 Å². The van der Waals surface area contributed by atoms with Crippen molar-refractivity contribution in [1.29, 1.82) is 0 Å². The van der Waals surface area contributed by atoms with E-state index in [0.717, 1.165) is 18.5 Å². The second-order valence-electron chi connectivity index (χ2n) is 5.94. The van der Waals surface area contributed by atoms with E-state index in [0.29, 0.717) is 30.4 Å². The number of rotatable bonds is 8. The van der Waals surface area contributed by atoms with Gasteiger partial charge in [-0.1, -0.05) is 13.8 Å². The SMILES string of the molecule is CCCN(CCC)C(=O)c1ccnc(Nc2ccc(NC(C)=O)cc2)n1. The molecule has 0 aliphatic heterocycles. The lowest BCUT2D eigenvalue weighted by molar-refractivity contribution is -0.114. The van der Waals surface area contributed by atoms with E-state index in [1.165, 1.54) is 6.92 Å². The summed E-state index contributed by atoms with van der Waals surface area (Å²) in [6, 6.07) is 8.81. The summed E-state index contributed by atoms with van der Waals surface area (Å²) in [5, 5.41) is 5.79. The molecule has 0 unspecified atom stereocenters. The highest BCUT2D eigenvalue weighted by molar-refractivity contribution is 5.92. The van der Waals surface area contributed by atoms with Gasteiger partial charge >= 0.3 is 0 Å². The number of hydrogen-bond acceptors (Lipinski definition) is 5. The number of nitrogens with one attached hydrogen (secondary N) is 2. The maximum atomic E-state index is 12.6. The summed E-state index contributed by atoms with van der Waals surface area (Å²) in [4.78, 5) is 34.0. The van der Waals surface area contributed by atoms with E-state index in [4.69, 9.17) is 0 Å². The van der Waals surface area contributed by atoms with Crippen LogP contribution in [0.1, 0.15) is 44.1 Å². The molecule has 0 saturated carbocycles. The van der Waals surface area contributed by atoms with Gasteiger partial charge in [0.2, 0.25) is 11.9 Å². The Bertz CT molecular complexity index is 740. The summed E-state index contributed by atoms with van der Waals surface area (Å²) in [7, 11) is 0. The second kappa shape index (κ2) is 9.50. The van der Waals surface area contributed by atoms with E-state index in [-0.39, 0.29) is 11.8 Å². The zero-order valence-electron chi connectivity index (χ0n) is 15.5. The molecule has 1 heterocycles. The average molecular weight is 355 g/mol. The molecule has 0 aliphatic rings. The monoisotopic (exact) mass is 355 g/mol. The topological polar surface area (TPSA) is 87.2 Å². The van der Waals surface area contributed by atoms with Crippen molar-refractivity contribution >= 4 is 29.1 Å². The van der Waals surface area contributed by atoms with Crippen molar-refractivity contribution in [2.75, 3.05) is 23.7 Å². The first-order chi connectivity index (χ1) is 12.5. The minimum absolute atomic E-state index is 0.0832. The Morgan fingerprint density at radius 1 is 1.00 bits per heavy atom. The Hall–Kier alpha value is -2.96. The summed E-state index contributed by atoms with van der Waals surface area (Å²) >= 11 is 0. The normalized spacial score (nSPS) is 10.3. The maximum Gasteiger partial charge on any atom is 0.272 e. The highest BCUT2D eigenvalue weighted by Crippen LogP contribution is 2.17. The van der Waals surface area contributed by atoms with Crippen LogP contribution in [0.5, 0.6) is 0 Å². The molecule has 1 aromatic carbocycles. The van der Waals surface area contributed by atoms with Gasteiger partial charge in [-0.15, -0.1) is 0 Å². The number of benzene rings is 1. The number of aromatic nitrogens is 2. The summed E-state index contributed by atoms with van der Waals surface area (Å²) in [6.45, 7) is 6.98. The molecule has 2 N–H and O–H groups in total. The molecule has 0 fully saturated rings. The standard InChI is InChI=1S/C19H25N5O2/c1-4-12-24(13-5-2)18(26)17-10-11-20-19(23-17)22-16-8-6-15(7-9-16)21-14(3)25/h6-11H,4-5,12-13H2,1-3H3,(H,21,25)(H,20,22,23). The number of nitrogens with zero attached hydrogens (tertiary/aromatic N) is 3. The number of carbonyl (C=O) groups excluding carboxylic acids is 2. The van der Waals surface area contributed by atoms with Crippen LogP contribution >= 0.6 is 0 Å². The fraction of sp³-hybridized carbons (Fsp3) is 0.368. The smallest absolute Gasteiger partial charge is 0.272 e. The molecule has 0 aliphatic carbocycles. The molecule has 2 aromatic rings. The lowest BCUT2D eigenvalue weighted by Gasteiger charge is -2.21. The molecule has 0 saturated heterocycles. The van der Waals surface area contributed by atoms with E-state index >= 15 is 0 Å². The molecule has 0 bridgehead atoms. The average Bonchev–Trinajstić information content (AvgIpc) is 2.62. The molecule has 7 nitrogen and oxygen atoms in total. The lowest BCUT2D eigenvalue weighted by atomic mass is 10.2. The van der Waals surface area contributed by atoms with Crippen molar-refractivity contribution in [3.8, 4) is 0 Å². The Balaban J connectivity index is 2.10. The minimum atomic E-state index is -0.121. The van der Waals surface area contributed by atoms with Crippen LogP contribution in [-0.4, -0.2) is 39.8 Å². The third-order valence-electron chi connectivity index (χ3n) is 3.61. The van der Waals surface area contributed by atoms with Crippen molar-refractivity contribution < 1.29 is 9.59 Å². The molecule has 1 aromatic heterocycles. The minimum Gasteiger partial charge on any atom is -0.337 e. The molecule has 2 rings (SSSR count). The fourth-order valence-corrected chi connectivity index (χ4v) is 2.52. The van der Waals surface area contributed by atoms with Gasteiger partial charge in [0.25, 0.3) is 5.91 Å². The largest absolute Gasteiger partial charge is 0.337 e. The second-order valence-corrected chi connectivity index (χ2v) is 5.94. The predicted octanol–water partition coefficient (Wildman–Crippen LogP) is 3.44. The van der Waals surface area contributed by atoms with Gasteiger partial charge in [0, 0.05) is 37.6 Å². The molecule has 2 amide bonds. The van der Waals surface area contributed by atoms with Gasteiger partial charge in [-0.2, -0.15) is 0 Å². The number of amides is 2. The van der Waals surface area contributed by atoms with Crippen molar-refractivity contribution in [2.45, 2.75) is 33.6 Å². The van der Waals surface area contributed by atoms with Crippen molar-refractivity contribution in [2.24, 2.45) is 0 Å². The van der Waals surface area contributed by atoms with Crippen LogP contribution in [-0.2, 0) is 4.79 Å². The van der Waals surface area contributed by atoms with Gasteiger partial charge in [0.1, 0.15) is 5.69 Å². The molecular weight excluding hydrogens is 330 g/mol. The predicted molar refractivity (Wildman–Crippen MR) is 103 cm³/mol. The highest BCUT2D eigenvalue weighted by Gasteiger charge is 2.16. The van der Waals surface area contributed by atoms with E-state index in [1.54, 1.807) is 24.4 Å². The molecule has 7 heteroatoms. The van der Waals surface area contributed by atoms with Gasteiger partial charge in [-0.05, 0) is 43.2 Å². The fourth-order valence-electron chi connectivity index (χ4n) is 2.52. The summed E-state index contributed by atoms with van der Waals surface area (Å²) in [5.74, 6) is 0.153. The van der Waals surface area contributed by atoms with E-state index in [1.807, 2.05) is 30.9 Å². The molecule has 138 valence electrons. The molecule has 0 radical (unpaired) electrons. The first-order valence-corrected chi connectivity index (χ1v) is 8.80. The van der Waals surface area contributed by atoms with Crippen LogP contribution in [0, 0.1) is 0 Å². The van der Waals surface area contributed by atoms with Gasteiger partial charge in [0.15, 0.2) is 0 Å². The summed E-state index contributed by atoms with van der Waals surface area (Å²) in [5.41, 5.74) is 1.85. The van der Waals surface area contributed by atoms with Crippen LogP contribution in [0.4, 0.5) is 17.3 Å². The van der Waals surface area contributed by atoms with Gasteiger partial charge in [-0.3, -0.25) is 9.59 Å². The number of hydrogen-bond donors (Lipinski definition) is 2. The van der Waals surface area contributed by atoms with Crippen molar-refractivity contribution in [3.05, 3.63) is 42.2 Å². The summed E-state index contributed by atoms with van der Waals surface area (Å²) in [6.07, 6.45) is 3.38. The van der Waals surface area contributed by atoms with E-state index in [2.05, 4.69) is 20.6 Å². The molecular formula is C19H25N5O2. The third-order valence-corrected chi connectivity index (χ3v) is 3.61. The number of carbonyl (C=O) groups is 2. The van der Waals surface area contributed by atoms with Crippen molar-refractivity contribution in [1.82, 2.24) is 14.9 Å². The Morgan fingerprint density at radius 3 is 2.19 bits per heavy atom. The first-order valence-electron chi connectivity index (χ1n) is 8.80. The number of anilines is 3. The Kier molecular flexibility index (Phi) is 7.08. The molecule has 0 spiro atoms. The van der Waals surface area contributed by atoms with E-state index < -0.39 is 0 Å². The highest BCUT2D eigenvalue weighted by atomic mass is 16.2. The van der Waals surface area contributed by atoms with Gasteiger partial charge in [0.05, 0.1) is 0 Å².